The van der Waals surface area contributed by atoms with E-state index in [1.807, 2.05) is 0 Å². The molecule has 2 aromatic heterocycles. The van der Waals surface area contributed by atoms with Crippen molar-refractivity contribution in [2.75, 3.05) is 0 Å². The number of hydrogen-bond acceptors (Lipinski definition) is 4. The maximum Gasteiger partial charge on any atom is 0.326 e. The molecule has 0 aliphatic rings. The van der Waals surface area contributed by atoms with Gasteiger partial charge in [0.1, 0.15) is 10.3 Å². The van der Waals surface area contributed by atoms with Crippen molar-refractivity contribution in [2.45, 2.75) is 0 Å². The van der Waals surface area contributed by atoms with Gasteiger partial charge in [-0.3, -0.25) is 14.8 Å². The first-order valence-corrected chi connectivity index (χ1v) is 4.25. The Labute approximate surface area is 74.1 Å². The Morgan fingerprint density at radius 1 is 1.17 bits per heavy atom. The molecule has 0 saturated heterocycles. The molecule has 5 nitrogen and oxygen atoms in total. The van der Waals surface area contributed by atoms with Gasteiger partial charge in [-0.05, 0) is 12.2 Å². The van der Waals surface area contributed by atoms with Crippen LogP contribution in [0.3, 0.4) is 0 Å². The molecule has 0 saturated carbocycles. The van der Waals surface area contributed by atoms with Crippen molar-refractivity contribution < 1.29 is 0 Å². The van der Waals surface area contributed by atoms with Crippen molar-refractivity contribution in [2.24, 2.45) is 0 Å². The number of hydrogen-bond donors (Lipinski definition) is 3. The van der Waals surface area contributed by atoms with Crippen LogP contribution < -0.4 is 11.2 Å². The lowest BCUT2D eigenvalue weighted by molar-refractivity contribution is 1.08. The third kappa shape index (κ3) is 1.03. The minimum Gasteiger partial charge on any atom is -0.331 e. The lowest BCUT2D eigenvalue weighted by Crippen LogP contribution is -2.21. The molecule has 3 N–H and O–H groups in total. The van der Waals surface area contributed by atoms with Crippen molar-refractivity contribution in [3.63, 3.8) is 0 Å². The molecule has 7 heteroatoms. The predicted octanol–water partition coefficient (Wildman–Crippen LogP) is 0.335. The summed E-state index contributed by atoms with van der Waals surface area (Å²) < 4.78 is 0.470. The van der Waals surface area contributed by atoms with Gasteiger partial charge in [-0.1, -0.05) is 11.3 Å². The third-order valence-electron chi connectivity index (χ3n) is 1.33. The van der Waals surface area contributed by atoms with E-state index >= 15 is 0 Å². The van der Waals surface area contributed by atoms with Gasteiger partial charge < -0.3 is 4.98 Å². The largest absolute Gasteiger partial charge is 0.331 e. The fraction of sp³-hybridized carbons (Fsp3) is 0. The van der Waals surface area contributed by atoms with Crippen molar-refractivity contribution in [1.82, 2.24) is 15.0 Å². The molecule has 0 bridgehead atoms. The van der Waals surface area contributed by atoms with E-state index in [-0.39, 0.29) is 0 Å². The zero-order valence-corrected chi connectivity index (χ0v) is 7.27. The van der Waals surface area contributed by atoms with Gasteiger partial charge in [-0.15, -0.1) is 0 Å². The molecule has 2 aromatic rings. The minimum absolute atomic E-state index is 0.324. The fourth-order valence-electron chi connectivity index (χ4n) is 0.876. The van der Waals surface area contributed by atoms with Crippen LogP contribution in [0.25, 0.3) is 10.3 Å². The smallest absolute Gasteiger partial charge is 0.326 e. The number of nitrogens with one attached hydrogen (secondary N) is 3. The minimum atomic E-state index is -0.516. The van der Waals surface area contributed by atoms with Crippen LogP contribution in [0.1, 0.15) is 0 Å². The normalized spacial score (nSPS) is 10.7. The summed E-state index contributed by atoms with van der Waals surface area (Å²) in [4.78, 5) is 29.5. The summed E-state index contributed by atoms with van der Waals surface area (Å²) in [5, 5.41) is 0. The van der Waals surface area contributed by atoms with Crippen LogP contribution in [-0.4, -0.2) is 15.0 Å². The number of fused-ring (bicyclic) bond motifs is 1. The maximum atomic E-state index is 11.1. The average molecular weight is 201 g/mol. The van der Waals surface area contributed by atoms with Gasteiger partial charge in [0.05, 0.1) is 0 Å². The van der Waals surface area contributed by atoms with Crippen molar-refractivity contribution in [1.29, 1.82) is 0 Å². The van der Waals surface area contributed by atoms with Gasteiger partial charge in [0, 0.05) is 0 Å². The Balaban J connectivity index is 3.18. The highest BCUT2D eigenvalue weighted by molar-refractivity contribution is 7.73. The molecule has 62 valence electrons. The van der Waals surface area contributed by atoms with E-state index in [1.54, 1.807) is 0 Å². The van der Waals surface area contributed by atoms with E-state index in [4.69, 9.17) is 12.2 Å². The topological polar surface area (TPSA) is 81.5 Å². The highest BCUT2D eigenvalue weighted by atomic mass is 32.1. The Morgan fingerprint density at radius 2 is 1.92 bits per heavy atom. The summed E-state index contributed by atoms with van der Waals surface area (Å²) in [5.41, 5.74) is -0.636. The van der Waals surface area contributed by atoms with Gasteiger partial charge in [0.15, 0.2) is 3.95 Å². The van der Waals surface area contributed by atoms with Crippen LogP contribution in [0.4, 0.5) is 0 Å². The quantitative estimate of drug-likeness (QED) is 0.537. The second-order valence-corrected chi connectivity index (χ2v) is 3.81. The summed E-state index contributed by atoms with van der Waals surface area (Å²) >= 11 is 5.97. The van der Waals surface area contributed by atoms with E-state index < -0.39 is 11.2 Å². The molecule has 0 fully saturated rings. The van der Waals surface area contributed by atoms with E-state index in [0.717, 1.165) is 11.3 Å². The molecule has 0 aliphatic carbocycles. The number of thiazole rings is 1. The first-order chi connectivity index (χ1) is 5.66. The van der Waals surface area contributed by atoms with Crippen LogP contribution in [0.2, 0.25) is 0 Å². The Hall–Kier alpha value is -1.21. The molecule has 0 radical (unpaired) electrons. The molecule has 0 spiro atoms. The molecule has 12 heavy (non-hydrogen) atoms. The first kappa shape index (κ1) is 7.44. The van der Waals surface area contributed by atoms with Crippen LogP contribution in [-0.2, 0) is 0 Å². The highest BCUT2D eigenvalue weighted by Gasteiger charge is 2.01. The van der Waals surface area contributed by atoms with Gasteiger partial charge in [0.25, 0.3) is 5.56 Å². The summed E-state index contributed by atoms with van der Waals surface area (Å²) in [6.07, 6.45) is 0. The summed E-state index contributed by atoms with van der Waals surface area (Å²) in [6.45, 7) is 0. The Kier molecular flexibility index (Phi) is 1.48. The molecule has 0 unspecified atom stereocenters. The molecule has 2 rings (SSSR count). The van der Waals surface area contributed by atoms with Gasteiger partial charge in [0.2, 0.25) is 0 Å². The molecular formula is C5H3N3O2S2. The van der Waals surface area contributed by atoms with Crippen LogP contribution >= 0.6 is 23.6 Å². The summed E-state index contributed by atoms with van der Waals surface area (Å²) in [7, 11) is 0. The third-order valence-corrected chi connectivity index (χ3v) is 2.48. The van der Waals surface area contributed by atoms with E-state index in [1.165, 1.54) is 0 Å². The van der Waals surface area contributed by atoms with E-state index in [0.29, 0.717) is 14.3 Å². The Morgan fingerprint density at radius 3 is 2.67 bits per heavy atom. The van der Waals surface area contributed by atoms with Crippen molar-refractivity contribution in [3.8, 4) is 0 Å². The zero-order valence-electron chi connectivity index (χ0n) is 5.63. The second kappa shape index (κ2) is 2.39. The van der Waals surface area contributed by atoms with E-state index in [9.17, 15) is 9.59 Å². The van der Waals surface area contributed by atoms with Gasteiger partial charge in [-0.25, -0.2) is 4.79 Å². The lowest BCUT2D eigenvalue weighted by atomic mass is 10.6. The summed E-state index contributed by atoms with van der Waals surface area (Å²) in [5.74, 6) is 0. The molecular weight excluding hydrogens is 198 g/mol. The van der Waals surface area contributed by atoms with Gasteiger partial charge >= 0.3 is 5.69 Å². The van der Waals surface area contributed by atoms with Crippen LogP contribution in [0, 0.1) is 3.95 Å². The SMILES string of the molecule is O=c1[nH]c(=O)c2[nH]c(=S)sc2[nH]1. The fourth-order valence-corrected chi connectivity index (χ4v) is 1.96. The van der Waals surface area contributed by atoms with Crippen LogP contribution in [0.5, 0.6) is 0 Å². The molecule has 0 amide bonds. The predicted molar refractivity (Wildman–Crippen MR) is 48.3 cm³/mol. The molecule has 0 aliphatic heterocycles. The second-order valence-electron chi connectivity index (χ2n) is 2.13. The Bertz CT molecular complexity index is 587. The number of rotatable bonds is 0. The number of H-pyrrole nitrogens is 3. The van der Waals surface area contributed by atoms with Crippen molar-refractivity contribution >= 4 is 33.9 Å². The lowest BCUT2D eigenvalue weighted by Gasteiger charge is -1.83. The standard InChI is InChI=1S/C5H3N3O2S2/c9-2-1-3(8-4(10)7-2)12-5(11)6-1/h(H,6,11)(H2,7,8,9,10). The molecule has 2 heterocycles. The number of aromatic nitrogens is 3. The monoisotopic (exact) mass is 201 g/mol. The van der Waals surface area contributed by atoms with E-state index in [2.05, 4.69) is 15.0 Å². The average Bonchev–Trinajstić information content (AvgIpc) is 2.29. The highest BCUT2D eigenvalue weighted by Crippen LogP contribution is 2.10. The van der Waals surface area contributed by atoms with Crippen molar-refractivity contribution in [3.05, 3.63) is 24.8 Å². The van der Waals surface area contributed by atoms with Crippen LogP contribution in [0.15, 0.2) is 9.59 Å². The molecule has 0 aromatic carbocycles. The first-order valence-electron chi connectivity index (χ1n) is 3.02. The molecule has 0 atom stereocenters. The number of aromatic amines is 3. The van der Waals surface area contributed by atoms with Gasteiger partial charge in [-0.2, -0.15) is 0 Å². The zero-order chi connectivity index (χ0) is 8.72. The maximum absolute atomic E-state index is 11.1. The summed E-state index contributed by atoms with van der Waals surface area (Å²) in [6, 6.07) is 0.